The number of phenols is 1. The number of hydrogen-bond acceptors (Lipinski definition) is 3. The summed E-state index contributed by atoms with van der Waals surface area (Å²) < 4.78 is 2.31. The maximum Gasteiger partial charge on any atom is 0.149 e. The van der Waals surface area contributed by atoms with Crippen LogP contribution in [0.2, 0.25) is 0 Å². The Hall–Kier alpha value is -7.82. The summed E-state index contributed by atoms with van der Waals surface area (Å²) in [6.45, 7) is 6.86. The molecule has 4 heteroatoms. The fourth-order valence-corrected chi connectivity index (χ4v) is 12.1. The minimum atomic E-state index is -0.150. The molecule has 4 nitrogen and oxygen atoms in total. The number of pyridine rings is 1. The summed E-state index contributed by atoms with van der Waals surface area (Å²) in [5.41, 5.74) is 20.0. The lowest BCUT2D eigenvalue weighted by Gasteiger charge is -2.22. The van der Waals surface area contributed by atoms with Crippen LogP contribution in [0.3, 0.4) is 0 Å². The van der Waals surface area contributed by atoms with E-state index in [0.717, 1.165) is 84.5 Å². The summed E-state index contributed by atoms with van der Waals surface area (Å²) in [6, 6.07) is 70.0. The topological polar surface area (TPSA) is 50.9 Å². The number of rotatable bonds is 11. The molecule has 2 saturated carbocycles. The van der Waals surface area contributed by atoms with E-state index in [1.165, 1.54) is 80.0 Å². The highest BCUT2D eigenvalue weighted by Gasteiger charge is 2.26. The van der Waals surface area contributed by atoms with E-state index in [1.807, 2.05) is 24.4 Å². The van der Waals surface area contributed by atoms with Crippen LogP contribution >= 0.6 is 0 Å². The average molecular weight is 964 g/mol. The number of aromatic hydroxyl groups is 1. The van der Waals surface area contributed by atoms with E-state index in [4.69, 9.17) is 9.97 Å². The van der Waals surface area contributed by atoms with Crippen LogP contribution < -0.4 is 0 Å². The molecule has 366 valence electrons. The zero-order chi connectivity index (χ0) is 50.2. The number of benzene rings is 8. The number of phenolic OH excluding ortho intramolecular Hbond substituents is 1. The van der Waals surface area contributed by atoms with Gasteiger partial charge in [-0.3, -0.25) is 9.55 Å². The Bertz CT molecular complexity index is 3610. The Balaban J connectivity index is 1.04. The predicted molar refractivity (Wildman–Crippen MR) is 309 cm³/mol. The summed E-state index contributed by atoms with van der Waals surface area (Å²) >= 11 is 0. The van der Waals surface area contributed by atoms with Gasteiger partial charge < -0.3 is 5.11 Å². The molecule has 0 spiro atoms. The molecule has 0 atom stereocenters. The van der Waals surface area contributed by atoms with Crippen LogP contribution in [0.15, 0.2) is 200 Å². The van der Waals surface area contributed by atoms with E-state index < -0.39 is 0 Å². The normalized spacial score (nSPS) is 14.5. The van der Waals surface area contributed by atoms with E-state index in [1.54, 1.807) is 0 Å². The first-order valence-corrected chi connectivity index (χ1v) is 27.1. The number of fused-ring (bicyclic) bond motifs is 1. The van der Waals surface area contributed by atoms with Gasteiger partial charge in [0, 0.05) is 28.5 Å². The van der Waals surface area contributed by atoms with E-state index in [-0.39, 0.29) is 11.2 Å². The van der Waals surface area contributed by atoms with Gasteiger partial charge in [-0.05, 0) is 141 Å². The van der Waals surface area contributed by atoms with E-state index in [9.17, 15) is 5.11 Å². The van der Waals surface area contributed by atoms with Crippen LogP contribution in [-0.4, -0.2) is 19.6 Å². The monoisotopic (exact) mass is 964 g/mol. The van der Waals surface area contributed by atoms with Crippen LogP contribution in [0.1, 0.15) is 101 Å². The maximum absolute atomic E-state index is 12.8. The Morgan fingerprint density at radius 2 is 1.12 bits per heavy atom. The molecular formula is C70H65N3O. The lowest BCUT2D eigenvalue weighted by molar-refractivity contribution is 0.443. The summed E-state index contributed by atoms with van der Waals surface area (Å²) in [5.74, 6) is 2.26. The Morgan fingerprint density at radius 3 is 1.86 bits per heavy atom. The molecule has 0 unspecified atom stereocenters. The summed E-state index contributed by atoms with van der Waals surface area (Å²) in [7, 11) is 0. The van der Waals surface area contributed by atoms with Crippen LogP contribution in [0.5, 0.6) is 5.75 Å². The van der Waals surface area contributed by atoms with Gasteiger partial charge in [0.2, 0.25) is 0 Å². The third kappa shape index (κ3) is 9.39. The molecule has 2 aliphatic rings. The van der Waals surface area contributed by atoms with Gasteiger partial charge in [-0.1, -0.05) is 211 Å². The molecule has 0 amide bonds. The van der Waals surface area contributed by atoms with Crippen molar-refractivity contribution in [3.63, 3.8) is 0 Å². The number of para-hydroxylation sites is 2. The first kappa shape index (κ1) is 47.2. The molecular weight excluding hydrogens is 899 g/mol. The Kier molecular flexibility index (Phi) is 12.9. The highest BCUT2D eigenvalue weighted by atomic mass is 16.3. The number of hydrogen-bond donors (Lipinski definition) is 1. The molecule has 0 aliphatic heterocycles. The third-order valence-electron chi connectivity index (χ3n) is 16.1. The molecule has 0 bridgehead atoms. The fourth-order valence-electron chi connectivity index (χ4n) is 12.1. The van der Waals surface area contributed by atoms with Gasteiger partial charge in [-0.15, -0.1) is 0 Å². The highest BCUT2D eigenvalue weighted by molar-refractivity contribution is 5.99. The van der Waals surface area contributed by atoms with Crippen molar-refractivity contribution in [2.24, 2.45) is 5.92 Å². The summed E-state index contributed by atoms with van der Waals surface area (Å²) in [6.07, 6.45) is 14.9. The van der Waals surface area contributed by atoms with Crippen LogP contribution in [-0.2, 0) is 11.8 Å². The molecule has 2 aromatic heterocycles. The van der Waals surface area contributed by atoms with Gasteiger partial charge in [0.1, 0.15) is 11.6 Å². The highest BCUT2D eigenvalue weighted by Crippen LogP contribution is 2.46. The average Bonchev–Trinajstić information content (AvgIpc) is 4.12. The maximum atomic E-state index is 12.8. The molecule has 8 aromatic carbocycles. The summed E-state index contributed by atoms with van der Waals surface area (Å²) in [4.78, 5) is 10.8. The first-order chi connectivity index (χ1) is 36.2. The zero-order valence-electron chi connectivity index (χ0n) is 43.1. The summed E-state index contributed by atoms with van der Waals surface area (Å²) in [5, 5.41) is 12.8. The number of nitrogens with zero attached hydrogens (tertiary/aromatic N) is 3. The molecule has 10 aromatic rings. The van der Waals surface area contributed by atoms with E-state index >= 15 is 0 Å². The molecule has 2 heterocycles. The second kappa shape index (κ2) is 20.2. The molecule has 0 saturated heterocycles. The molecule has 1 N–H and O–H groups in total. The quantitative estimate of drug-likeness (QED) is 0.141. The van der Waals surface area contributed by atoms with Crippen LogP contribution in [0.4, 0.5) is 0 Å². The van der Waals surface area contributed by atoms with Gasteiger partial charge in [0.05, 0.1) is 28.0 Å². The molecule has 74 heavy (non-hydrogen) atoms. The SMILES string of the molecule is CC(C)(C)c1cc(-c2cc(-c3ccc(C4CCCCC4)cc3)ccn2)cc(-c2cccc3c2nc(-c2cccc(-c4ccccc4-c4ccccc4)c2O)n3-c2ccc(CC3CCCC3)cc2-c2ccccc2)c1. The number of aromatic nitrogens is 3. The van der Waals surface area contributed by atoms with Gasteiger partial charge in [0.25, 0.3) is 0 Å². The second-order valence-corrected chi connectivity index (χ2v) is 22.1. The van der Waals surface area contributed by atoms with Gasteiger partial charge >= 0.3 is 0 Å². The van der Waals surface area contributed by atoms with Crippen molar-refractivity contribution in [2.75, 3.05) is 0 Å². The van der Waals surface area contributed by atoms with Crippen molar-refractivity contribution in [3.05, 3.63) is 217 Å². The smallest absolute Gasteiger partial charge is 0.149 e. The third-order valence-corrected chi connectivity index (χ3v) is 16.1. The zero-order valence-corrected chi connectivity index (χ0v) is 43.1. The van der Waals surface area contributed by atoms with E-state index in [2.05, 4.69) is 201 Å². The Labute approximate surface area is 437 Å². The van der Waals surface area contributed by atoms with E-state index in [0.29, 0.717) is 23.2 Å². The fraction of sp³-hybridized carbons (Fsp3) is 0.229. The second-order valence-electron chi connectivity index (χ2n) is 22.1. The molecule has 12 rings (SSSR count). The van der Waals surface area contributed by atoms with Crippen LogP contribution in [0.25, 0.3) is 95.0 Å². The van der Waals surface area contributed by atoms with Crippen molar-refractivity contribution in [2.45, 2.75) is 96.3 Å². The molecule has 0 radical (unpaired) electrons. The lowest BCUT2D eigenvalue weighted by Crippen LogP contribution is -2.11. The standard InChI is InChI=1S/C70H65N3O/c1-70(2,3)57-44-55(43-56(45-57)64-46-54(39-40-71-64)51-36-34-50(35-37-51)49-21-7-4-8-22-49)59-29-18-32-66-67(59)72-69(62-31-17-30-61(68(62)74)60-28-16-15-27-58(60)52-23-9-5-10-24-52)73(66)65-38-33-48(41-47-19-13-14-20-47)42-63(65)53-25-11-6-12-26-53/h5-6,9-12,15-18,23-40,42-47,49,74H,4,7-8,13-14,19-22,41H2,1-3H3. The predicted octanol–water partition coefficient (Wildman–Crippen LogP) is 18.9. The van der Waals surface area contributed by atoms with Crippen LogP contribution in [0, 0.1) is 5.92 Å². The van der Waals surface area contributed by atoms with Gasteiger partial charge in [0.15, 0.2) is 0 Å². The molecule has 2 aliphatic carbocycles. The minimum absolute atomic E-state index is 0.150. The van der Waals surface area contributed by atoms with Crippen molar-refractivity contribution >= 4 is 11.0 Å². The Morgan fingerprint density at radius 1 is 0.486 bits per heavy atom. The largest absolute Gasteiger partial charge is 0.507 e. The van der Waals surface area contributed by atoms with Crippen molar-refractivity contribution in [1.82, 2.24) is 14.5 Å². The van der Waals surface area contributed by atoms with Crippen molar-refractivity contribution in [3.8, 4) is 89.7 Å². The number of imidazole rings is 1. The van der Waals surface area contributed by atoms with Crippen molar-refractivity contribution < 1.29 is 5.11 Å². The molecule has 2 fully saturated rings. The van der Waals surface area contributed by atoms with Crippen molar-refractivity contribution in [1.29, 1.82) is 0 Å². The van der Waals surface area contributed by atoms with Gasteiger partial charge in [-0.2, -0.15) is 0 Å². The van der Waals surface area contributed by atoms with Gasteiger partial charge in [-0.25, -0.2) is 4.98 Å². The minimum Gasteiger partial charge on any atom is -0.507 e. The first-order valence-electron chi connectivity index (χ1n) is 27.1. The lowest BCUT2D eigenvalue weighted by atomic mass is 9.83.